The van der Waals surface area contributed by atoms with Gasteiger partial charge in [0.1, 0.15) is 6.04 Å². The lowest BCUT2D eigenvalue weighted by molar-refractivity contribution is 0.625. The second kappa shape index (κ2) is 5.48. The molecule has 1 aromatic carbocycles. The Labute approximate surface area is 107 Å². The van der Waals surface area contributed by atoms with E-state index in [1.54, 1.807) is 10.9 Å². The van der Waals surface area contributed by atoms with Crippen molar-refractivity contribution in [2.45, 2.75) is 19.5 Å². The molecule has 2 rings (SSSR count). The van der Waals surface area contributed by atoms with Gasteiger partial charge < -0.3 is 0 Å². The van der Waals surface area contributed by atoms with Gasteiger partial charge in [-0.25, -0.2) is 0 Å². The van der Waals surface area contributed by atoms with E-state index < -0.39 is 0 Å². The Hall–Kier alpha value is -2.12. The predicted octanol–water partition coefficient (Wildman–Crippen LogP) is 2.08. The third kappa shape index (κ3) is 2.58. The Bertz CT molecular complexity index is 551. The van der Waals surface area contributed by atoms with E-state index in [0.717, 1.165) is 11.3 Å². The molecule has 18 heavy (non-hydrogen) atoms. The lowest BCUT2D eigenvalue weighted by Crippen LogP contribution is -2.20. The zero-order valence-corrected chi connectivity index (χ0v) is 10.6. The first kappa shape index (κ1) is 12.3. The highest BCUT2D eigenvalue weighted by Crippen LogP contribution is 2.16. The van der Waals surface area contributed by atoms with E-state index in [2.05, 4.69) is 16.5 Å². The Morgan fingerprint density at radius 1 is 1.39 bits per heavy atom. The molecule has 92 valence electrons. The van der Waals surface area contributed by atoms with Crippen LogP contribution in [-0.4, -0.2) is 9.78 Å². The first-order valence-corrected chi connectivity index (χ1v) is 5.88. The highest BCUT2D eigenvalue weighted by Gasteiger charge is 2.15. The van der Waals surface area contributed by atoms with Crippen LogP contribution in [-0.2, 0) is 13.6 Å². The molecule has 1 atom stereocenters. The lowest BCUT2D eigenvalue weighted by Gasteiger charge is -2.11. The van der Waals surface area contributed by atoms with Crippen LogP contribution in [0.2, 0.25) is 0 Å². The molecule has 4 nitrogen and oxygen atoms in total. The number of nitrogens with zero attached hydrogens (tertiary/aromatic N) is 3. The molecule has 0 saturated carbocycles. The van der Waals surface area contributed by atoms with Gasteiger partial charge in [-0.3, -0.25) is 10.00 Å². The second-order valence-electron chi connectivity index (χ2n) is 4.24. The molecule has 1 aromatic heterocycles. The highest BCUT2D eigenvalue weighted by atomic mass is 15.3. The van der Waals surface area contributed by atoms with Crippen molar-refractivity contribution in [1.82, 2.24) is 15.1 Å². The number of aromatic nitrogens is 2. The highest BCUT2D eigenvalue weighted by molar-refractivity contribution is 5.26. The summed E-state index contributed by atoms with van der Waals surface area (Å²) >= 11 is 0. The van der Waals surface area contributed by atoms with Crippen molar-refractivity contribution in [3.63, 3.8) is 0 Å². The number of benzene rings is 1. The number of hydrogen-bond acceptors (Lipinski definition) is 3. The standard InChI is InChI=1S/C14H16N4/c1-11-13(10-17-18(11)2)14(8-15)16-9-12-6-4-3-5-7-12/h3-7,10,14,16H,9H2,1-2H3. The van der Waals surface area contributed by atoms with Gasteiger partial charge >= 0.3 is 0 Å². The summed E-state index contributed by atoms with van der Waals surface area (Å²) in [6.07, 6.45) is 1.75. The minimum atomic E-state index is -0.320. The van der Waals surface area contributed by atoms with Crippen LogP contribution in [0.4, 0.5) is 0 Å². The summed E-state index contributed by atoms with van der Waals surface area (Å²) < 4.78 is 1.78. The maximum Gasteiger partial charge on any atom is 0.124 e. The van der Waals surface area contributed by atoms with Gasteiger partial charge in [0, 0.05) is 24.8 Å². The van der Waals surface area contributed by atoms with Crippen molar-refractivity contribution in [2.24, 2.45) is 7.05 Å². The van der Waals surface area contributed by atoms with E-state index in [1.807, 2.05) is 44.3 Å². The smallest absolute Gasteiger partial charge is 0.124 e. The van der Waals surface area contributed by atoms with Crippen molar-refractivity contribution in [2.75, 3.05) is 0 Å². The van der Waals surface area contributed by atoms with Crippen LogP contribution in [0.1, 0.15) is 22.9 Å². The second-order valence-corrected chi connectivity index (χ2v) is 4.24. The minimum Gasteiger partial charge on any atom is -0.294 e. The number of nitrogens with one attached hydrogen (secondary N) is 1. The molecule has 0 amide bonds. The normalized spacial score (nSPS) is 12.1. The van der Waals surface area contributed by atoms with Gasteiger partial charge in [-0.2, -0.15) is 10.4 Å². The van der Waals surface area contributed by atoms with Gasteiger partial charge in [-0.05, 0) is 12.5 Å². The Balaban J connectivity index is 2.07. The van der Waals surface area contributed by atoms with Gasteiger partial charge in [0.2, 0.25) is 0 Å². The van der Waals surface area contributed by atoms with Crippen LogP contribution in [0, 0.1) is 18.3 Å². The fourth-order valence-electron chi connectivity index (χ4n) is 1.84. The van der Waals surface area contributed by atoms with E-state index in [0.29, 0.717) is 6.54 Å². The molecular formula is C14H16N4. The summed E-state index contributed by atoms with van der Waals surface area (Å²) in [5.74, 6) is 0. The fourth-order valence-corrected chi connectivity index (χ4v) is 1.84. The molecule has 0 fully saturated rings. The van der Waals surface area contributed by atoms with Crippen molar-refractivity contribution >= 4 is 0 Å². The number of nitriles is 1. The van der Waals surface area contributed by atoms with Gasteiger partial charge in [-0.15, -0.1) is 0 Å². The van der Waals surface area contributed by atoms with Crippen LogP contribution in [0.25, 0.3) is 0 Å². The van der Waals surface area contributed by atoms with Crippen LogP contribution < -0.4 is 5.32 Å². The van der Waals surface area contributed by atoms with E-state index in [9.17, 15) is 5.26 Å². The Morgan fingerprint density at radius 3 is 2.67 bits per heavy atom. The summed E-state index contributed by atoms with van der Waals surface area (Å²) in [4.78, 5) is 0. The largest absolute Gasteiger partial charge is 0.294 e. The molecule has 0 saturated heterocycles. The molecule has 0 aliphatic carbocycles. The maximum atomic E-state index is 9.24. The zero-order chi connectivity index (χ0) is 13.0. The fraction of sp³-hybridized carbons (Fsp3) is 0.286. The first-order valence-electron chi connectivity index (χ1n) is 5.88. The third-order valence-corrected chi connectivity index (χ3v) is 3.07. The molecule has 1 heterocycles. The third-order valence-electron chi connectivity index (χ3n) is 3.07. The molecule has 1 unspecified atom stereocenters. The van der Waals surface area contributed by atoms with Crippen molar-refractivity contribution in [1.29, 1.82) is 5.26 Å². The predicted molar refractivity (Wildman–Crippen MR) is 69.6 cm³/mol. The molecule has 0 aliphatic heterocycles. The molecular weight excluding hydrogens is 224 g/mol. The van der Waals surface area contributed by atoms with Crippen molar-refractivity contribution in [3.8, 4) is 6.07 Å². The van der Waals surface area contributed by atoms with E-state index in [4.69, 9.17) is 0 Å². The Morgan fingerprint density at radius 2 is 2.11 bits per heavy atom. The Kier molecular flexibility index (Phi) is 3.75. The SMILES string of the molecule is Cc1c(C(C#N)NCc2ccccc2)cnn1C. The average molecular weight is 240 g/mol. The number of hydrogen-bond donors (Lipinski definition) is 1. The average Bonchev–Trinajstić information content (AvgIpc) is 2.73. The van der Waals surface area contributed by atoms with Gasteiger partial charge in [-0.1, -0.05) is 30.3 Å². The summed E-state index contributed by atoms with van der Waals surface area (Å²) in [6.45, 7) is 2.64. The van der Waals surface area contributed by atoms with Crippen LogP contribution in [0.15, 0.2) is 36.5 Å². The van der Waals surface area contributed by atoms with Crippen LogP contribution in [0.3, 0.4) is 0 Å². The summed E-state index contributed by atoms with van der Waals surface area (Å²) in [7, 11) is 1.88. The van der Waals surface area contributed by atoms with Crippen molar-refractivity contribution in [3.05, 3.63) is 53.3 Å². The number of aryl methyl sites for hydroxylation is 1. The summed E-state index contributed by atoms with van der Waals surface area (Å²) in [6, 6.07) is 12.0. The monoisotopic (exact) mass is 240 g/mol. The molecule has 0 spiro atoms. The van der Waals surface area contributed by atoms with Gasteiger partial charge in [0.05, 0.1) is 12.3 Å². The molecule has 0 bridgehead atoms. The van der Waals surface area contributed by atoms with Crippen LogP contribution >= 0.6 is 0 Å². The quantitative estimate of drug-likeness (QED) is 0.890. The molecule has 0 aliphatic rings. The zero-order valence-electron chi connectivity index (χ0n) is 10.6. The number of rotatable bonds is 4. The van der Waals surface area contributed by atoms with E-state index in [-0.39, 0.29) is 6.04 Å². The molecule has 4 heteroatoms. The minimum absolute atomic E-state index is 0.320. The van der Waals surface area contributed by atoms with Crippen LogP contribution in [0.5, 0.6) is 0 Å². The topological polar surface area (TPSA) is 53.6 Å². The molecule has 2 aromatic rings. The lowest BCUT2D eigenvalue weighted by atomic mass is 10.1. The summed E-state index contributed by atoms with van der Waals surface area (Å²) in [5.41, 5.74) is 3.12. The summed E-state index contributed by atoms with van der Waals surface area (Å²) in [5, 5.41) is 16.6. The first-order chi connectivity index (χ1) is 8.72. The van der Waals surface area contributed by atoms with E-state index in [1.165, 1.54) is 5.56 Å². The molecule has 0 radical (unpaired) electrons. The van der Waals surface area contributed by atoms with Gasteiger partial charge in [0.25, 0.3) is 0 Å². The van der Waals surface area contributed by atoms with E-state index >= 15 is 0 Å². The van der Waals surface area contributed by atoms with Crippen molar-refractivity contribution < 1.29 is 0 Å². The molecule has 1 N–H and O–H groups in total. The maximum absolute atomic E-state index is 9.24. The van der Waals surface area contributed by atoms with Gasteiger partial charge in [0.15, 0.2) is 0 Å².